The van der Waals surface area contributed by atoms with Gasteiger partial charge in [-0.3, -0.25) is 15.4 Å². The number of nitrogens with one attached hydrogen (secondary N) is 2. The Balaban J connectivity index is 1.93. The Labute approximate surface area is 153 Å². The highest BCUT2D eigenvalue weighted by molar-refractivity contribution is 9.10. The number of ether oxygens (including phenoxy) is 1. The molecule has 0 atom stereocenters. The van der Waals surface area contributed by atoms with Crippen molar-refractivity contribution in [3.8, 4) is 5.75 Å². The number of amides is 1. The lowest BCUT2D eigenvalue weighted by atomic mass is 10.2. The number of benzene rings is 1. The molecule has 1 heterocycles. The highest BCUT2D eigenvalue weighted by Crippen LogP contribution is 2.25. The van der Waals surface area contributed by atoms with Crippen LogP contribution in [0, 0.1) is 0 Å². The van der Waals surface area contributed by atoms with Gasteiger partial charge in [0, 0.05) is 5.56 Å². The van der Waals surface area contributed by atoms with Crippen molar-refractivity contribution >= 4 is 45.1 Å². The van der Waals surface area contributed by atoms with Crippen molar-refractivity contribution in [2.24, 2.45) is 0 Å². The van der Waals surface area contributed by atoms with Crippen LogP contribution in [0.25, 0.3) is 0 Å². The van der Waals surface area contributed by atoms with Gasteiger partial charge in [0.15, 0.2) is 5.11 Å². The predicted molar refractivity (Wildman–Crippen MR) is 97.1 cm³/mol. The number of hydrogen-bond acceptors (Lipinski definition) is 6. The third kappa shape index (κ3) is 4.96. The molecule has 0 aliphatic rings. The van der Waals surface area contributed by atoms with E-state index in [1.807, 2.05) is 0 Å². The summed E-state index contributed by atoms with van der Waals surface area (Å²) in [6, 6.07) is 4.98. The molecule has 1 aromatic heterocycles. The number of thiocarbonyl (C=S) groups is 1. The molecule has 0 aliphatic carbocycles. The standard InChI is InChI=1S/C14H17BrN6O2S/c1-3-4-7-21-19-13(18-20-21)17-14(24)16-12(22)9-5-6-11(23-2)10(15)8-9/h5-6,8H,3-4,7H2,1-2H3,(H2,16,17,19,22,24). The molecule has 0 aliphatic heterocycles. The number of nitrogens with zero attached hydrogens (tertiary/aromatic N) is 4. The first-order chi connectivity index (χ1) is 11.5. The van der Waals surface area contributed by atoms with E-state index in [4.69, 9.17) is 17.0 Å². The van der Waals surface area contributed by atoms with Crippen LogP contribution in [0.4, 0.5) is 5.95 Å². The van der Waals surface area contributed by atoms with Gasteiger partial charge in [0.05, 0.1) is 18.1 Å². The minimum Gasteiger partial charge on any atom is -0.496 e. The maximum atomic E-state index is 12.2. The monoisotopic (exact) mass is 412 g/mol. The number of anilines is 1. The Morgan fingerprint density at radius 3 is 2.92 bits per heavy atom. The minimum atomic E-state index is -0.353. The molecule has 128 valence electrons. The van der Waals surface area contributed by atoms with Crippen molar-refractivity contribution in [2.75, 3.05) is 12.4 Å². The summed E-state index contributed by atoms with van der Waals surface area (Å²) >= 11 is 8.43. The smallest absolute Gasteiger partial charge is 0.269 e. The van der Waals surface area contributed by atoms with Gasteiger partial charge in [-0.15, -0.1) is 5.10 Å². The SMILES string of the molecule is CCCCn1nnc(NC(=S)NC(=O)c2ccc(OC)c(Br)c2)n1. The second-order valence-corrected chi connectivity index (χ2v) is 6.08. The molecule has 1 aromatic carbocycles. The van der Waals surface area contributed by atoms with Crippen LogP contribution >= 0.6 is 28.1 Å². The van der Waals surface area contributed by atoms with Crippen LogP contribution in [0.1, 0.15) is 30.1 Å². The maximum Gasteiger partial charge on any atom is 0.269 e. The average molecular weight is 413 g/mol. The summed E-state index contributed by atoms with van der Waals surface area (Å²) in [7, 11) is 1.56. The van der Waals surface area contributed by atoms with E-state index in [1.165, 1.54) is 4.80 Å². The molecule has 2 N–H and O–H groups in total. The molecule has 0 radical (unpaired) electrons. The third-order valence-corrected chi connectivity index (χ3v) is 3.85. The molecule has 0 saturated carbocycles. The molecule has 0 bridgehead atoms. The Hall–Kier alpha value is -2.07. The van der Waals surface area contributed by atoms with E-state index >= 15 is 0 Å². The van der Waals surface area contributed by atoms with Crippen LogP contribution in [0.3, 0.4) is 0 Å². The zero-order valence-electron chi connectivity index (χ0n) is 13.2. The molecule has 2 aromatic rings. The van der Waals surface area contributed by atoms with Crippen molar-refractivity contribution in [3.63, 3.8) is 0 Å². The number of tetrazole rings is 1. The molecular formula is C14H17BrN6O2S. The van der Waals surface area contributed by atoms with E-state index in [2.05, 4.69) is 48.9 Å². The van der Waals surface area contributed by atoms with E-state index in [0.717, 1.165) is 12.8 Å². The number of aromatic nitrogens is 4. The van der Waals surface area contributed by atoms with Crippen LogP contribution in [0.5, 0.6) is 5.75 Å². The number of carbonyl (C=O) groups excluding carboxylic acids is 1. The van der Waals surface area contributed by atoms with Gasteiger partial charge in [0.1, 0.15) is 5.75 Å². The van der Waals surface area contributed by atoms with Crippen LogP contribution in [0.2, 0.25) is 0 Å². The van der Waals surface area contributed by atoms with Gasteiger partial charge >= 0.3 is 0 Å². The van der Waals surface area contributed by atoms with Gasteiger partial charge in [0.25, 0.3) is 11.9 Å². The van der Waals surface area contributed by atoms with Crippen LogP contribution in [-0.4, -0.2) is 38.3 Å². The number of unbranched alkanes of at least 4 members (excludes halogenated alkanes) is 1. The highest BCUT2D eigenvalue weighted by Gasteiger charge is 2.12. The zero-order valence-corrected chi connectivity index (χ0v) is 15.6. The molecule has 0 unspecified atom stereocenters. The van der Waals surface area contributed by atoms with Crippen molar-refractivity contribution < 1.29 is 9.53 Å². The lowest BCUT2D eigenvalue weighted by Crippen LogP contribution is -2.34. The van der Waals surface area contributed by atoms with Crippen LogP contribution < -0.4 is 15.4 Å². The lowest BCUT2D eigenvalue weighted by molar-refractivity contribution is 0.0977. The number of halogens is 1. The summed E-state index contributed by atoms with van der Waals surface area (Å²) in [6.07, 6.45) is 2.00. The molecule has 2 rings (SSSR count). The van der Waals surface area contributed by atoms with Crippen LogP contribution in [-0.2, 0) is 6.54 Å². The maximum absolute atomic E-state index is 12.2. The van der Waals surface area contributed by atoms with E-state index in [1.54, 1.807) is 25.3 Å². The molecule has 0 fully saturated rings. The normalized spacial score (nSPS) is 10.3. The molecule has 10 heteroatoms. The fourth-order valence-electron chi connectivity index (χ4n) is 1.80. The van der Waals surface area contributed by atoms with Crippen molar-refractivity contribution in [3.05, 3.63) is 28.2 Å². The number of hydrogen-bond donors (Lipinski definition) is 2. The second-order valence-electron chi connectivity index (χ2n) is 4.82. The van der Waals surface area contributed by atoms with Gasteiger partial charge in [-0.25, -0.2) is 0 Å². The molecule has 1 amide bonds. The topological polar surface area (TPSA) is 94.0 Å². The fraction of sp³-hybridized carbons (Fsp3) is 0.357. The quantitative estimate of drug-likeness (QED) is 0.703. The summed E-state index contributed by atoms with van der Waals surface area (Å²) in [5.41, 5.74) is 0.436. The van der Waals surface area contributed by atoms with E-state index in [0.29, 0.717) is 22.3 Å². The van der Waals surface area contributed by atoms with E-state index in [9.17, 15) is 4.79 Å². The Morgan fingerprint density at radius 1 is 1.46 bits per heavy atom. The van der Waals surface area contributed by atoms with Gasteiger partial charge in [0.2, 0.25) is 0 Å². The molecular weight excluding hydrogens is 396 g/mol. The van der Waals surface area contributed by atoms with Gasteiger partial charge < -0.3 is 4.74 Å². The van der Waals surface area contributed by atoms with E-state index < -0.39 is 0 Å². The van der Waals surface area contributed by atoms with Gasteiger partial charge in [-0.05, 0) is 58.0 Å². The number of methoxy groups -OCH3 is 1. The average Bonchev–Trinajstić information content (AvgIpc) is 2.99. The predicted octanol–water partition coefficient (Wildman–Crippen LogP) is 2.37. The van der Waals surface area contributed by atoms with Crippen LogP contribution in [0.15, 0.2) is 22.7 Å². The largest absolute Gasteiger partial charge is 0.496 e. The van der Waals surface area contributed by atoms with Gasteiger partial charge in [-0.2, -0.15) is 4.80 Å². The first-order valence-corrected chi connectivity index (χ1v) is 8.47. The molecule has 8 nitrogen and oxygen atoms in total. The second kappa shape index (κ2) is 8.69. The summed E-state index contributed by atoms with van der Waals surface area (Å²) in [5, 5.41) is 17.3. The summed E-state index contributed by atoms with van der Waals surface area (Å²) in [5.74, 6) is 0.529. The Bertz CT molecular complexity index is 736. The zero-order chi connectivity index (χ0) is 17.5. The van der Waals surface area contributed by atoms with Gasteiger partial charge in [-0.1, -0.05) is 18.4 Å². The Morgan fingerprint density at radius 2 is 2.25 bits per heavy atom. The third-order valence-electron chi connectivity index (χ3n) is 3.03. The number of aryl methyl sites for hydroxylation is 1. The van der Waals surface area contributed by atoms with E-state index in [-0.39, 0.29) is 17.0 Å². The fourth-order valence-corrected chi connectivity index (χ4v) is 2.53. The molecule has 0 spiro atoms. The Kier molecular flexibility index (Phi) is 6.62. The lowest BCUT2D eigenvalue weighted by Gasteiger charge is -2.08. The number of rotatable bonds is 6. The summed E-state index contributed by atoms with van der Waals surface area (Å²) < 4.78 is 5.81. The van der Waals surface area contributed by atoms with Crippen molar-refractivity contribution in [1.29, 1.82) is 0 Å². The minimum absolute atomic E-state index is 0.0991. The first-order valence-electron chi connectivity index (χ1n) is 7.27. The number of carbonyl (C=O) groups is 1. The first kappa shape index (κ1) is 18.3. The van der Waals surface area contributed by atoms with Crippen molar-refractivity contribution in [1.82, 2.24) is 25.5 Å². The highest BCUT2D eigenvalue weighted by atomic mass is 79.9. The van der Waals surface area contributed by atoms with Crippen molar-refractivity contribution in [2.45, 2.75) is 26.3 Å². The summed E-state index contributed by atoms with van der Waals surface area (Å²) in [6.45, 7) is 2.77. The summed E-state index contributed by atoms with van der Waals surface area (Å²) in [4.78, 5) is 13.7. The molecule has 0 saturated heterocycles. The molecule has 24 heavy (non-hydrogen) atoms.